The van der Waals surface area contributed by atoms with Crippen molar-refractivity contribution < 1.29 is 14.3 Å². The van der Waals surface area contributed by atoms with Gasteiger partial charge in [0.1, 0.15) is 0 Å². The van der Waals surface area contributed by atoms with Crippen molar-refractivity contribution in [3.05, 3.63) is 33.8 Å². The quantitative estimate of drug-likeness (QED) is 0.573. The van der Waals surface area contributed by atoms with Gasteiger partial charge in [0.05, 0.1) is 23.6 Å². The maximum atomic E-state index is 12.8. The summed E-state index contributed by atoms with van der Waals surface area (Å²) in [5.41, 5.74) is 0.460. The van der Waals surface area contributed by atoms with Crippen molar-refractivity contribution in [2.75, 3.05) is 39.8 Å². The predicted molar refractivity (Wildman–Crippen MR) is 101 cm³/mol. The van der Waals surface area contributed by atoms with Crippen LogP contribution in [-0.2, 0) is 9.53 Å². The summed E-state index contributed by atoms with van der Waals surface area (Å²) in [7, 11) is 1.34. The normalized spacial score (nSPS) is 10.8. The third-order valence-electron chi connectivity index (χ3n) is 4.06. The van der Waals surface area contributed by atoms with Crippen LogP contribution in [0.1, 0.15) is 37.0 Å². The van der Waals surface area contributed by atoms with Gasteiger partial charge in [-0.15, -0.1) is 0 Å². The van der Waals surface area contributed by atoms with Crippen molar-refractivity contribution in [2.24, 2.45) is 0 Å². The highest BCUT2D eigenvalue weighted by Crippen LogP contribution is 2.23. The minimum absolute atomic E-state index is 0.162. The molecule has 0 heterocycles. The van der Waals surface area contributed by atoms with E-state index in [1.165, 1.54) is 7.11 Å². The van der Waals surface area contributed by atoms with Gasteiger partial charge in [0.25, 0.3) is 5.91 Å². The molecule has 0 saturated heterocycles. The molecular formula is C18H26Cl2N2O3. The molecule has 0 aromatic heterocycles. The zero-order valence-corrected chi connectivity index (χ0v) is 16.6. The molecule has 140 valence electrons. The largest absolute Gasteiger partial charge is 0.469 e. The number of methoxy groups -OCH3 is 1. The fourth-order valence-corrected chi connectivity index (χ4v) is 2.78. The summed E-state index contributed by atoms with van der Waals surface area (Å²) in [6, 6.07) is 4.80. The van der Waals surface area contributed by atoms with Crippen molar-refractivity contribution in [2.45, 2.75) is 26.7 Å². The lowest BCUT2D eigenvalue weighted by Crippen LogP contribution is -2.36. The van der Waals surface area contributed by atoms with E-state index in [4.69, 9.17) is 23.2 Å². The maximum absolute atomic E-state index is 12.8. The van der Waals surface area contributed by atoms with E-state index >= 15 is 0 Å². The van der Waals surface area contributed by atoms with Gasteiger partial charge in [0.15, 0.2) is 0 Å². The molecule has 5 nitrogen and oxygen atoms in total. The Bertz CT molecular complexity index is 577. The van der Waals surface area contributed by atoms with Gasteiger partial charge in [0.2, 0.25) is 0 Å². The third kappa shape index (κ3) is 7.22. The molecule has 0 spiro atoms. The van der Waals surface area contributed by atoms with Crippen LogP contribution in [0.5, 0.6) is 0 Å². The van der Waals surface area contributed by atoms with Gasteiger partial charge in [-0.2, -0.15) is 0 Å². The van der Waals surface area contributed by atoms with E-state index in [0.29, 0.717) is 28.7 Å². The molecule has 0 fully saturated rings. The molecule has 1 aromatic carbocycles. The number of benzene rings is 1. The molecule has 25 heavy (non-hydrogen) atoms. The number of nitrogens with zero attached hydrogens (tertiary/aromatic N) is 2. The molecule has 0 saturated carbocycles. The van der Waals surface area contributed by atoms with Crippen LogP contribution in [-0.4, -0.2) is 61.5 Å². The Morgan fingerprint density at radius 1 is 1.04 bits per heavy atom. The second-order valence-electron chi connectivity index (χ2n) is 5.63. The van der Waals surface area contributed by atoms with Gasteiger partial charge < -0.3 is 14.5 Å². The SMILES string of the molecule is CCN(CC)CCCN(CCC(=O)OC)C(=O)c1ccc(Cl)c(Cl)c1. The Labute approximate surface area is 159 Å². The molecule has 0 aliphatic heterocycles. The molecule has 7 heteroatoms. The highest BCUT2D eigenvalue weighted by Gasteiger charge is 2.18. The summed E-state index contributed by atoms with van der Waals surface area (Å²) in [5.74, 6) is -0.502. The van der Waals surface area contributed by atoms with E-state index in [1.807, 2.05) is 0 Å². The van der Waals surface area contributed by atoms with E-state index in [9.17, 15) is 9.59 Å². The van der Waals surface area contributed by atoms with Crippen LogP contribution in [0.4, 0.5) is 0 Å². The molecule has 1 rings (SSSR count). The number of rotatable bonds is 10. The molecule has 0 aliphatic carbocycles. The van der Waals surface area contributed by atoms with E-state index in [2.05, 4.69) is 23.5 Å². The molecule has 0 radical (unpaired) electrons. The van der Waals surface area contributed by atoms with Crippen molar-refractivity contribution in [3.63, 3.8) is 0 Å². The fourth-order valence-electron chi connectivity index (χ4n) is 2.48. The Balaban J connectivity index is 2.79. The van der Waals surface area contributed by atoms with Crippen molar-refractivity contribution in [1.82, 2.24) is 9.80 Å². The van der Waals surface area contributed by atoms with Crippen LogP contribution in [0, 0.1) is 0 Å². The average molecular weight is 389 g/mol. The molecule has 0 unspecified atom stereocenters. The van der Waals surface area contributed by atoms with Crippen LogP contribution in [0.25, 0.3) is 0 Å². The van der Waals surface area contributed by atoms with Gasteiger partial charge in [-0.3, -0.25) is 9.59 Å². The maximum Gasteiger partial charge on any atom is 0.307 e. The molecule has 0 atom stereocenters. The predicted octanol–water partition coefficient (Wildman–Crippen LogP) is 3.73. The van der Waals surface area contributed by atoms with Crippen LogP contribution in [0.2, 0.25) is 10.0 Å². The van der Waals surface area contributed by atoms with E-state index in [1.54, 1.807) is 23.1 Å². The molecule has 0 N–H and O–H groups in total. The van der Waals surface area contributed by atoms with E-state index < -0.39 is 0 Å². The zero-order chi connectivity index (χ0) is 18.8. The number of esters is 1. The summed E-state index contributed by atoms with van der Waals surface area (Å²) < 4.78 is 4.67. The Morgan fingerprint density at radius 3 is 2.28 bits per heavy atom. The summed E-state index contributed by atoms with van der Waals surface area (Å²) >= 11 is 11.9. The summed E-state index contributed by atoms with van der Waals surface area (Å²) in [4.78, 5) is 28.2. The van der Waals surface area contributed by atoms with Gasteiger partial charge >= 0.3 is 5.97 Å². The summed E-state index contributed by atoms with van der Waals surface area (Å²) in [6.07, 6.45) is 0.991. The first kappa shape index (κ1) is 21.7. The number of amides is 1. The fraction of sp³-hybridized carbons (Fsp3) is 0.556. The minimum atomic E-state index is -0.337. The molecule has 1 aromatic rings. The summed E-state index contributed by atoms with van der Waals surface area (Å²) in [6.45, 7) is 7.94. The first-order valence-corrected chi connectivity index (χ1v) is 9.22. The first-order chi connectivity index (χ1) is 11.9. The smallest absolute Gasteiger partial charge is 0.307 e. The van der Waals surface area contributed by atoms with Crippen LogP contribution >= 0.6 is 23.2 Å². The number of hydrogen-bond donors (Lipinski definition) is 0. The average Bonchev–Trinajstić information content (AvgIpc) is 2.62. The summed E-state index contributed by atoms with van der Waals surface area (Å²) in [5, 5.41) is 0.740. The van der Waals surface area contributed by atoms with Crippen LogP contribution < -0.4 is 0 Å². The monoisotopic (exact) mass is 388 g/mol. The van der Waals surface area contributed by atoms with Crippen molar-refractivity contribution >= 4 is 35.1 Å². The lowest BCUT2D eigenvalue weighted by atomic mass is 10.2. The zero-order valence-electron chi connectivity index (χ0n) is 15.1. The Morgan fingerprint density at radius 2 is 1.72 bits per heavy atom. The number of hydrogen-bond acceptors (Lipinski definition) is 4. The second kappa shape index (κ2) is 11.3. The highest BCUT2D eigenvalue weighted by molar-refractivity contribution is 6.42. The van der Waals surface area contributed by atoms with Gasteiger partial charge in [-0.1, -0.05) is 37.0 Å². The Hall–Kier alpha value is -1.30. The van der Waals surface area contributed by atoms with Gasteiger partial charge in [-0.05, 0) is 44.3 Å². The number of ether oxygens (including phenoxy) is 1. The number of carbonyl (C=O) groups excluding carboxylic acids is 2. The minimum Gasteiger partial charge on any atom is -0.469 e. The number of carbonyl (C=O) groups is 2. The van der Waals surface area contributed by atoms with E-state index in [0.717, 1.165) is 26.1 Å². The van der Waals surface area contributed by atoms with E-state index in [-0.39, 0.29) is 18.3 Å². The highest BCUT2D eigenvalue weighted by atomic mass is 35.5. The molecular weight excluding hydrogens is 363 g/mol. The Kier molecular flexibility index (Phi) is 9.86. The van der Waals surface area contributed by atoms with Crippen molar-refractivity contribution in [3.8, 4) is 0 Å². The first-order valence-electron chi connectivity index (χ1n) is 8.46. The van der Waals surface area contributed by atoms with Gasteiger partial charge in [-0.25, -0.2) is 0 Å². The molecule has 0 aliphatic rings. The van der Waals surface area contributed by atoms with Gasteiger partial charge in [0, 0.05) is 18.7 Å². The van der Waals surface area contributed by atoms with Crippen LogP contribution in [0.3, 0.4) is 0 Å². The standard InChI is InChI=1S/C18H26Cl2N2O3/c1-4-21(5-2)10-6-11-22(12-9-17(23)25-3)18(24)14-7-8-15(19)16(20)13-14/h7-8,13H,4-6,9-12H2,1-3H3. The molecule has 0 bridgehead atoms. The third-order valence-corrected chi connectivity index (χ3v) is 4.80. The topological polar surface area (TPSA) is 49.9 Å². The van der Waals surface area contributed by atoms with Crippen molar-refractivity contribution in [1.29, 1.82) is 0 Å². The second-order valence-corrected chi connectivity index (χ2v) is 6.44. The lowest BCUT2D eigenvalue weighted by molar-refractivity contribution is -0.140. The molecule has 1 amide bonds. The number of halogens is 2. The lowest BCUT2D eigenvalue weighted by Gasteiger charge is -2.25. The van der Waals surface area contributed by atoms with Crippen LogP contribution in [0.15, 0.2) is 18.2 Å².